The Morgan fingerprint density at radius 3 is 3.29 bits per heavy atom. The molecule has 1 aliphatic carbocycles. The van der Waals surface area contributed by atoms with E-state index in [0.717, 1.165) is 30.5 Å². The summed E-state index contributed by atoms with van der Waals surface area (Å²) in [7, 11) is 0. The second kappa shape index (κ2) is 3.74. The van der Waals surface area contributed by atoms with E-state index in [2.05, 4.69) is 15.3 Å². The summed E-state index contributed by atoms with van der Waals surface area (Å²) in [6.07, 6.45) is 6.19. The molecule has 0 radical (unpaired) electrons. The fraction of sp³-hybridized carbons (Fsp3) is 0.500. The van der Waals surface area contributed by atoms with Crippen LogP contribution in [0.2, 0.25) is 0 Å². The lowest BCUT2D eigenvalue weighted by atomic mass is 9.93. The fourth-order valence-electron chi connectivity index (χ4n) is 1.87. The number of fused-ring (bicyclic) bond motifs is 1. The number of carbonyl (C=O) groups is 1. The molecule has 0 saturated heterocycles. The predicted molar refractivity (Wildman–Crippen MR) is 51.7 cm³/mol. The first-order valence-electron chi connectivity index (χ1n) is 4.80. The van der Waals surface area contributed by atoms with E-state index in [0.29, 0.717) is 0 Å². The minimum absolute atomic E-state index is 0.0373. The number of rotatable bonds is 1. The van der Waals surface area contributed by atoms with Gasteiger partial charge in [0.05, 0.1) is 0 Å². The van der Waals surface area contributed by atoms with Gasteiger partial charge in [-0.05, 0) is 24.8 Å². The molecule has 0 bridgehead atoms. The molecule has 1 amide bonds. The predicted octanol–water partition coefficient (Wildman–Crippen LogP) is 0.470. The van der Waals surface area contributed by atoms with E-state index >= 15 is 0 Å². The number of amides is 1. The molecule has 0 saturated carbocycles. The minimum atomic E-state index is 0.0373. The first kappa shape index (κ1) is 9.12. The average molecular weight is 191 g/mol. The molecule has 0 aromatic carbocycles. The zero-order valence-corrected chi connectivity index (χ0v) is 8.16. The smallest absolute Gasteiger partial charge is 0.217 e. The van der Waals surface area contributed by atoms with Gasteiger partial charge in [-0.25, -0.2) is 9.97 Å². The molecule has 1 aliphatic rings. The van der Waals surface area contributed by atoms with Crippen molar-refractivity contribution < 1.29 is 4.79 Å². The van der Waals surface area contributed by atoms with Crippen molar-refractivity contribution in [1.29, 1.82) is 0 Å². The van der Waals surface area contributed by atoms with Crippen LogP contribution in [0.1, 0.15) is 24.6 Å². The highest BCUT2D eigenvalue weighted by Gasteiger charge is 2.19. The van der Waals surface area contributed by atoms with Crippen molar-refractivity contribution in [3.63, 3.8) is 0 Å². The summed E-state index contributed by atoms with van der Waals surface area (Å²) in [6.45, 7) is 1.55. The number of nitrogens with one attached hydrogen (secondary N) is 1. The third-order valence-electron chi connectivity index (χ3n) is 2.48. The van der Waals surface area contributed by atoms with Crippen molar-refractivity contribution in [3.8, 4) is 0 Å². The molecule has 1 atom stereocenters. The Bertz CT molecular complexity index is 351. The number of hydrogen-bond donors (Lipinski definition) is 1. The third kappa shape index (κ3) is 1.89. The van der Waals surface area contributed by atoms with Crippen LogP contribution in [0, 0.1) is 0 Å². The first-order chi connectivity index (χ1) is 6.75. The van der Waals surface area contributed by atoms with Gasteiger partial charge in [0.25, 0.3) is 0 Å². The highest BCUT2D eigenvalue weighted by molar-refractivity contribution is 5.73. The van der Waals surface area contributed by atoms with Crippen LogP contribution in [-0.4, -0.2) is 21.9 Å². The van der Waals surface area contributed by atoms with E-state index in [1.807, 2.05) is 6.20 Å². The fourth-order valence-corrected chi connectivity index (χ4v) is 1.87. The molecule has 0 fully saturated rings. The molecule has 1 unspecified atom stereocenters. The number of nitrogens with zero attached hydrogens (tertiary/aromatic N) is 2. The van der Waals surface area contributed by atoms with Crippen molar-refractivity contribution >= 4 is 5.91 Å². The second-order valence-corrected chi connectivity index (χ2v) is 3.63. The first-order valence-corrected chi connectivity index (χ1v) is 4.80. The molecule has 1 aromatic heterocycles. The summed E-state index contributed by atoms with van der Waals surface area (Å²) in [4.78, 5) is 19.1. The van der Waals surface area contributed by atoms with Crippen molar-refractivity contribution in [2.45, 2.75) is 32.2 Å². The summed E-state index contributed by atoms with van der Waals surface area (Å²) in [5, 5.41) is 2.93. The molecule has 1 aromatic rings. The lowest BCUT2D eigenvalue weighted by molar-refractivity contribution is -0.119. The van der Waals surface area contributed by atoms with Gasteiger partial charge in [0.2, 0.25) is 5.91 Å². The molecule has 74 valence electrons. The minimum Gasteiger partial charge on any atom is -0.353 e. The van der Waals surface area contributed by atoms with Crippen molar-refractivity contribution in [3.05, 3.63) is 23.8 Å². The van der Waals surface area contributed by atoms with Gasteiger partial charge < -0.3 is 5.32 Å². The molecule has 4 nitrogen and oxygen atoms in total. The van der Waals surface area contributed by atoms with Crippen LogP contribution >= 0.6 is 0 Å². The molecule has 0 aliphatic heterocycles. The van der Waals surface area contributed by atoms with Crippen LogP contribution in [-0.2, 0) is 17.6 Å². The molecule has 14 heavy (non-hydrogen) atoms. The SMILES string of the molecule is CC(=O)NC1CCc2ncncc2C1. The van der Waals surface area contributed by atoms with E-state index in [1.165, 1.54) is 0 Å². The number of aryl methyl sites for hydroxylation is 1. The van der Waals surface area contributed by atoms with Gasteiger partial charge in [-0.3, -0.25) is 4.79 Å². The Hall–Kier alpha value is -1.45. The van der Waals surface area contributed by atoms with E-state index in [-0.39, 0.29) is 11.9 Å². The molecule has 4 heteroatoms. The lowest BCUT2D eigenvalue weighted by Gasteiger charge is -2.23. The Balaban J connectivity index is 2.09. The van der Waals surface area contributed by atoms with Gasteiger partial charge in [-0.2, -0.15) is 0 Å². The Labute approximate surface area is 82.8 Å². The van der Waals surface area contributed by atoms with Crippen LogP contribution in [0.4, 0.5) is 0 Å². The summed E-state index contributed by atoms with van der Waals surface area (Å²) in [5.41, 5.74) is 2.29. The van der Waals surface area contributed by atoms with Crippen molar-refractivity contribution in [2.24, 2.45) is 0 Å². The summed E-state index contributed by atoms with van der Waals surface area (Å²) in [5.74, 6) is 0.0373. The topological polar surface area (TPSA) is 54.9 Å². The normalized spacial score (nSPS) is 19.9. The highest BCUT2D eigenvalue weighted by atomic mass is 16.1. The molecule has 1 N–H and O–H groups in total. The highest BCUT2D eigenvalue weighted by Crippen LogP contribution is 2.17. The number of aromatic nitrogens is 2. The van der Waals surface area contributed by atoms with Gasteiger partial charge in [0.1, 0.15) is 6.33 Å². The standard InChI is InChI=1S/C10H13N3O/c1-7(14)13-9-2-3-10-8(4-9)5-11-6-12-10/h5-6,9H,2-4H2,1H3,(H,13,14). The van der Waals surface area contributed by atoms with Gasteiger partial charge in [0, 0.05) is 24.9 Å². The lowest BCUT2D eigenvalue weighted by Crippen LogP contribution is -2.37. The van der Waals surface area contributed by atoms with E-state index in [4.69, 9.17) is 0 Å². The maximum atomic E-state index is 10.9. The van der Waals surface area contributed by atoms with Gasteiger partial charge in [-0.1, -0.05) is 0 Å². The molecule has 2 rings (SSSR count). The summed E-state index contributed by atoms with van der Waals surface area (Å²) >= 11 is 0. The summed E-state index contributed by atoms with van der Waals surface area (Å²) < 4.78 is 0. The van der Waals surface area contributed by atoms with Crippen molar-refractivity contribution in [1.82, 2.24) is 15.3 Å². The summed E-state index contributed by atoms with van der Waals surface area (Å²) in [6, 6.07) is 0.256. The molecular formula is C10H13N3O. The van der Waals surface area contributed by atoms with Gasteiger partial charge in [-0.15, -0.1) is 0 Å². The third-order valence-corrected chi connectivity index (χ3v) is 2.48. The maximum Gasteiger partial charge on any atom is 0.217 e. The zero-order chi connectivity index (χ0) is 9.97. The van der Waals surface area contributed by atoms with Gasteiger partial charge in [0.15, 0.2) is 0 Å². The van der Waals surface area contributed by atoms with E-state index in [1.54, 1.807) is 13.3 Å². The Morgan fingerprint density at radius 2 is 2.50 bits per heavy atom. The largest absolute Gasteiger partial charge is 0.353 e. The molecular weight excluding hydrogens is 178 g/mol. The Morgan fingerprint density at radius 1 is 1.64 bits per heavy atom. The number of hydrogen-bond acceptors (Lipinski definition) is 3. The maximum absolute atomic E-state index is 10.9. The van der Waals surface area contributed by atoms with Crippen molar-refractivity contribution in [2.75, 3.05) is 0 Å². The quantitative estimate of drug-likeness (QED) is 0.702. The Kier molecular flexibility index (Phi) is 2.43. The zero-order valence-electron chi connectivity index (χ0n) is 8.16. The van der Waals surface area contributed by atoms with E-state index in [9.17, 15) is 4.79 Å². The van der Waals surface area contributed by atoms with Crippen LogP contribution in [0.5, 0.6) is 0 Å². The number of carbonyl (C=O) groups excluding carboxylic acids is 1. The van der Waals surface area contributed by atoms with Gasteiger partial charge >= 0.3 is 0 Å². The molecule has 1 heterocycles. The monoisotopic (exact) mass is 191 g/mol. The van der Waals surface area contributed by atoms with Crippen LogP contribution in [0.3, 0.4) is 0 Å². The molecule has 0 spiro atoms. The van der Waals surface area contributed by atoms with Crippen LogP contribution in [0.25, 0.3) is 0 Å². The van der Waals surface area contributed by atoms with Crippen LogP contribution in [0.15, 0.2) is 12.5 Å². The second-order valence-electron chi connectivity index (χ2n) is 3.63. The van der Waals surface area contributed by atoms with Crippen LogP contribution < -0.4 is 5.32 Å². The average Bonchev–Trinajstić information content (AvgIpc) is 2.17. The van der Waals surface area contributed by atoms with E-state index < -0.39 is 0 Å².